The van der Waals surface area contributed by atoms with E-state index in [0.717, 1.165) is 85.0 Å². The summed E-state index contributed by atoms with van der Waals surface area (Å²) in [6.07, 6.45) is 12.8. The number of nitrogens with two attached hydrogens (primary N) is 4. The number of nitrogens with one attached hydrogen (secondary N) is 4. The Hall–Kier alpha value is -7.88. The van der Waals surface area contributed by atoms with Gasteiger partial charge in [0.05, 0.1) is 28.4 Å². The van der Waals surface area contributed by atoms with E-state index >= 15 is 0 Å². The van der Waals surface area contributed by atoms with Gasteiger partial charge in [-0.25, -0.2) is 19.7 Å². The predicted octanol–water partition coefficient (Wildman–Crippen LogP) is 10.5. The summed E-state index contributed by atoms with van der Waals surface area (Å²) < 4.78 is 26.6. The number of carbonyl (C=O) groups is 3. The minimum atomic E-state index is -0.612. The summed E-state index contributed by atoms with van der Waals surface area (Å²) in [6, 6.07) is 27.2. The number of alkyl carbamates (subject to hydrolysis) is 1. The number of benzene rings is 4. The fourth-order valence-corrected chi connectivity index (χ4v) is 8.97. The highest BCUT2D eigenvalue weighted by Crippen LogP contribution is 2.36. The largest absolute Gasteiger partial charge is 0.493 e. The van der Waals surface area contributed by atoms with E-state index in [1.165, 1.54) is 24.2 Å². The number of amides is 3. The maximum Gasteiger partial charge on any atom is 0.407 e. The Morgan fingerprint density at radius 3 is 1.47 bits per heavy atom. The zero-order chi connectivity index (χ0) is 55.6. The molecule has 6 aromatic rings. The molecule has 21 heteroatoms. The Bertz CT molecular complexity index is 2960. The molecule has 0 unspecified atom stereocenters. The second-order valence-corrected chi connectivity index (χ2v) is 20.0. The molecule has 2 aliphatic rings. The lowest BCUT2D eigenvalue weighted by Crippen LogP contribution is -2.50. The van der Waals surface area contributed by atoms with Crippen molar-refractivity contribution >= 4 is 58.6 Å². The van der Waals surface area contributed by atoms with Crippen molar-refractivity contribution in [3.05, 3.63) is 108 Å². The van der Waals surface area contributed by atoms with Gasteiger partial charge in [-0.15, -0.1) is 0 Å². The molecule has 0 bridgehead atoms. The average Bonchev–Trinajstić information content (AvgIpc) is 3.42. The number of hydrogen-bond acceptors (Lipinski definition) is 18. The SMILES string of the molecule is C.C.CC(C)(C)OC(=O)N[C@H]1CCCC[C@H]1N.COc1ccc(-c2cccc(Nc3nc(N[C@@H]4CCCC[C@@H]4N)ncc3C(N)=O)c2)cc1OC.COc1ccc(-c2cccc(Nc3nc(SC)ncc3C(N)=O)c2)cc1OC. The van der Waals surface area contributed by atoms with Crippen LogP contribution in [0.5, 0.6) is 23.0 Å². The van der Waals surface area contributed by atoms with E-state index in [2.05, 4.69) is 41.2 Å². The monoisotopic (exact) mass is 1100 g/mol. The summed E-state index contributed by atoms with van der Waals surface area (Å²) in [5.74, 6) is 2.52. The van der Waals surface area contributed by atoms with Gasteiger partial charge in [0.15, 0.2) is 28.2 Å². The number of anilines is 5. The third-order valence-electron chi connectivity index (χ3n) is 12.6. The van der Waals surface area contributed by atoms with Crippen LogP contribution in [0.25, 0.3) is 22.3 Å². The number of hydrogen-bond donors (Lipinski definition) is 8. The number of carbonyl (C=O) groups excluding carboxylic acids is 3. The summed E-state index contributed by atoms with van der Waals surface area (Å²) in [4.78, 5) is 52.5. The normalized spacial score (nSPS) is 16.4. The topological polar surface area (TPSA) is 301 Å². The number of nitrogens with zero attached hydrogens (tertiary/aromatic N) is 4. The smallest absolute Gasteiger partial charge is 0.407 e. The van der Waals surface area contributed by atoms with E-state index in [1.54, 1.807) is 28.4 Å². The molecule has 2 heterocycles. The first-order chi connectivity index (χ1) is 36.9. The van der Waals surface area contributed by atoms with Gasteiger partial charge in [0.25, 0.3) is 11.8 Å². The standard InChI is InChI=1S/C25H30N6O3.C20H20N4O3S.C11H22N2O2.2CH4/c1-33-21-11-10-16(13-22(21)34-2)15-6-5-7-17(12-15)29-24-18(23(27)32)14-28-25(31-24)30-20-9-4-3-8-19(20)26;1-26-16-8-7-13(10-17(16)27-2)12-5-4-6-14(9-12)23-19-15(18(21)25)11-22-20(24-19)28-3;1-11(2,3)15-10(14)13-9-7-5-4-6-8(9)12;;/h5-7,10-14,19-20H,3-4,8-9,26H2,1-2H3,(H2,27,32)(H2,28,29,30,31);4-11H,1-3H3,(H2,21,25)(H,22,23,24);8-9H,4-7,12H2,1-3H3,(H,13,14);2*1H4/t19-,20+;;8-,9+;;/m0.1../s1. The number of ether oxygens (including phenoxy) is 5. The molecule has 3 amide bonds. The van der Waals surface area contributed by atoms with Crippen molar-refractivity contribution in [2.45, 2.75) is 122 Å². The van der Waals surface area contributed by atoms with Crippen molar-refractivity contribution in [3.8, 4) is 45.3 Å². The number of methoxy groups -OCH3 is 4. The molecule has 20 nitrogen and oxygen atoms in total. The van der Waals surface area contributed by atoms with Crippen LogP contribution in [0.4, 0.5) is 33.8 Å². The fourth-order valence-electron chi connectivity index (χ4n) is 8.63. The van der Waals surface area contributed by atoms with E-state index in [0.29, 0.717) is 45.7 Å². The molecule has 2 saturated carbocycles. The second kappa shape index (κ2) is 30.3. The summed E-state index contributed by atoms with van der Waals surface area (Å²) >= 11 is 1.38. The maximum absolute atomic E-state index is 12.0. The summed E-state index contributed by atoms with van der Waals surface area (Å²) in [6.45, 7) is 5.56. The van der Waals surface area contributed by atoms with Gasteiger partial charge >= 0.3 is 6.09 Å². The van der Waals surface area contributed by atoms with Crippen molar-refractivity contribution in [1.29, 1.82) is 0 Å². The van der Waals surface area contributed by atoms with Crippen LogP contribution in [0, 0.1) is 0 Å². The number of thioether (sulfide) groups is 1. The molecule has 79 heavy (non-hydrogen) atoms. The van der Waals surface area contributed by atoms with Crippen molar-refractivity contribution < 1.29 is 38.1 Å². The minimum Gasteiger partial charge on any atom is -0.493 e. The highest BCUT2D eigenvalue weighted by Gasteiger charge is 2.26. The lowest BCUT2D eigenvalue weighted by molar-refractivity contribution is 0.0485. The van der Waals surface area contributed by atoms with Crippen LogP contribution in [-0.2, 0) is 4.74 Å². The van der Waals surface area contributed by atoms with Crippen LogP contribution in [0.3, 0.4) is 0 Å². The molecule has 0 aliphatic heterocycles. The van der Waals surface area contributed by atoms with Crippen LogP contribution in [0.2, 0.25) is 0 Å². The van der Waals surface area contributed by atoms with Gasteiger partial charge in [0.1, 0.15) is 28.4 Å². The summed E-state index contributed by atoms with van der Waals surface area (Å²) in [7, 11) is 6.41. The van der Waals surface area contributed by atoms with Crippen molar-refractivity contribution in [2.24, 2.45) is 22.9 Å². The number of rotatable bonds is 16. The van der Waals surface area contributed by atoms with Gasteiger partial charge in [-0.1, -0.05) is 88.7 Å². The first-order valence-corrected chi connectivity index (χ1v) is 26.5. The predicted molar refractivity (Wildman–Crippen MR) is 316 cm³/mol. The van der Waals surface area contributed by atoms with Gasteiger partial charge in [0, 0.05) is 47.9 Å². The molecule has 426 valence electrons. The van der Waals surface area contributed by atoms with E-state index in [-0.39, 0.29) is 56.2 Å². The first-order valence-electron chi connectivity index (χ1n) is 25.3. The lowest BCUT2D eigenvalue weighted by atomic mass is 9.91. The van der Waals surface area contributed by atoms with Gasteiger partial charge in [-0.3, -0.25) is 9.59 Å². The number of primary amides is 2. The highest BCUT2D eigenvalue weighted by atomic mass is 32.2. The van der Waals surface area contributed by atoms with Crippen LogP contribution < -0.4 is 63.1 Å². The molecule has 0 radical (unpaired) electrons. The third-order valence-corrected chi connectivity index (χ3v) is 13.2. The van der Waals surface area contributed by atoms with Crippen molar-refractivity contribution in [1.82, 2.24) is 25.3 Å². The summed E-state index contributed by atoms with van der Waals surface area (Å²) in [5, 5.41) is 13.1. The Kier molecular flexibility index (Phi) is 24.4. The first kappa shape index (κ1) is 63.7. The minimum absolute atomic E-state index is 0. The molecule has 4 atom stereocenters. The molecular weight excluding hydrogens is 1020 g/mol. The van der Waals surface area contributed by atoms with Crippen molar-refractivity contribution in [3.63, 3.8) is 0 Å². The average molecular weight is 1110 g/mol. The van der Waals surface area contributed by atoms with Gasteiger partial charge < -0.3 is 67.9 Å². The third kappa shape index (κ3) is 18.4. The van der Waals surface area contributed by atoms with Gasteiger partial charge in [0.2, 0.25) is 5.95 Å². The fraction of sp³-hybridized carbons (Fsp3) is 0.397. The molecular formula is C58H80N12O8S. The van der Waals surface area contributed by atoms with E-state index in [4.69, 9.17) is 46.6 Å². The molecule has 8 rings (SSSR count). The Morgan fingerprint density at radius 2 is 1.03 bits per heavy atom. The molecule has 0 spiro atoms. The Balaban J connectivity index is 0.000000270. The second-order valence-electron chi connectivity index (χ2n) is 19.3. The Labute approximate surface area is 469 Å². The lowest BCUT2D eigenvalue weighted by Gasteiger charge is -2.30. The molecule has 12 N–H and O–H groups in total. The quantitative estimate of drug-likeness (QED) is 0.0330. The zero-order valence-corrected chi connectivity index (χ0v) is 45.8. The Morgan fingerprint density at radius 1 is 0.582 bits per heavy atom. The molecule has 4 aromatic carbocycles. The number of aromatic nitrogens is 4. The zero-order valence-electron chi connectivity index (χ0n) is 45.0. The van der Waals surface area contributed by atoms with Crippen LogP contribution in [0.1, 0.15) is 108 Å². The van der Waals surface area contributed by atoms with Gasteiger partial charge in [-0.05, 0) is 123 Å². The molecule has 2 fully saturated rings. The molecule has 0 saturated heterocycles. The van der Waals surface area contributed by atoms with E-state index in [9.17, 15) is 14.4 Å². The van der Waals surface area contributed by atoms with Crippen LogP contribution >= 0.6 is 11.8 Å². The van der Waals surface area contributed by atoms with Crippen LogP contribution in [0.15, 0.2) is 102 Å². The maximum atomic E-state index is 12.0. The summed E-state index contributed by atoms with van der Waals surface area (Å²) in [5.41, 5.74) is 28.5. The molecule has 2 aliphatic carbocycles. The van der Waals surface area contributed by atoms with E-state index in [1.807, 2.05) is 112 Å². The highest BCUT2D eigenvalue weighted by molar-refractivity contribution is 7.98. The van der Waals surface area contributed by atoms with Crippen molar-refractivity contribution in [2.75, 3.05) is 50.6 Å². The van der Waals surface area contributed by atoms with Crippen LogP contribution in [-0.4, -0.2) is 102 Å². The van der Waals surface area contributed by atoms with E-state index < -0.39 is 17.4 Å². The van der Waals surface area contributed by atoms with Gasteiger partial charge in [-0.2, -0.15) is 4.98 Å². The molecule has 2 aromatic heterocycles.